The van der Waals surface area contributed by atoms with E-state index in [1.165, 1.54) is 6.20 Å². The third-order valence-corrected chi connectivity index (χ3v) is 3.13. The van der Waals surface area contributed by atoms with Gasteiger partial charge in [-0.1, -0.05) is 11.6 Å². The van der Waals surface area contributed by atoms with Gasteiger partial charge in [-0.05, 0) is 18.9 Å². The molecule has 1 aromatic rings. The maximum absolute atomic E-state index is 10.6. The van der Waals surface area contributed by atoms with Crippen LogP contribution >= 0.6 is 11.6 Å². The number of aliphatic hydroxyl groups is 1. The summed E-state index contributed by atoms with van der Waals surface area (Å²) in [6.45, 7) is 1.21. The van der Waals surface area contributed by atoms with Crippen LogP contribution in [0.2, 0.25) is 5.02 Å². The minimum absolute atomic E-state index is 0.341. The number of halogens is 1. The van der Waals surface area contributed by atoms with E-state index in [0.29, 0.717) is 42.5 Å². The summed E-state index contributed by atoms with van der Waals surface area (Å²) in [6.07, 6.45) is 3.44. The van der Waals surface area contributed by atoms with E-state index in [4.69, 9.17) is 22.1 Å². The van der Waals surface area contributed by atoms with Crippen molar-refractivity contribution in [3.63, 3.8) is 0 Å². The van der Waals surface area contributed by atoms with Gasteiger partial charge in [0.2, 0.25) is 0 Å². The van der Waals surface area contributed by atoms with E-state index < -0.39 is 5.60 Å². The summed E-state index contributed by atoms with van der Waals surface area (Å²) in [4.78, 5) is 3.97. The molecule has 1 aliphatic heterocycles. The van der Waals surface area contributed by atoms with Crippen molar-refractivity contribution in [3.8, 4) is 0 Å². The Kier molecular flexibility index (Phi) is 3.33. The summed E-state index contributed by atoms with van der Waals surface area (Å²) < 4.78 is 5.33. The van der Waals surface area contributed by atoms with E-state index in [-0.39, 0.29) is 0 Å². The molecule has 1 aliphatic rings. The monoisotopic (exact) mass is 242 g/mol. The smallest absolute Gasteiger partial charge is 0.129 e. The van der Waals surface area contributed by atoms with E-state index in [9.17, 15) is 5.11 Å². The number of nitrogen functional groups attached to an aromatic ring is 1. The van der Waals surface area contributed by atoms with Crippen LogP contribution in [-0.4, -0.2) is 23.3 Å². The Hall–Kier alpha value is -0.840. The van der Waals surface area contributed by atoms with Crippen LogP contribution in [-0.2, 0) is 10.3 Å². The van der Waals surface area contributed by atoms with Gasteiger partial charge in [0.1, 0.15) is 5.82 Å². The Morgan fingerprint density at radius 3 is 3.06 bits per heavy atom. The third kappa shape index (κ3) is 2.29. The molecule has 1 saturated heterocycles. The van der Waals surface area contributed by atoms with Crippen molar-refractivity contribution in [2.45, 2.75) is 24.9 Å². The maximum Gasteiger partial charge on any atom is 0.129 e. The number of nitrogens with zero attached hydrogens (tertiary/aromatic N) is 1. The van der Waals surface area contributed by atoms with Crippen molar-refractivity contribution in [1.82, 2.24) is 4.98 Å². The quantitative estimate of drug-likeness (QED) is 0.787. The third-order valence-electron chi connectivity index (χ3n) is 2.93. The molecule has 2 heterocycles. The number of aromatic nitrogens is 1. The number of anilines is 1. The van der Waals surface area contributed by atoms with Gasteiger partial charge in [0.05, 0.1) is 10.6 Å². The van der Waals surface area contributed by atoms with Gasteiger partial charge in [-0.15, -0.1) is 0 Å². The van der Waals surface area contributed by atoms with Crippen LogP contribution in [0, 0.1) is 0 Å². The summed E-state index contributed by atoms with van der Waals surface area (Å²) in [5, 5.41) is 11.1. The predicted molar refractivity (Wildman–Crippen MR) is 62.2 cm³/mol. The Balaban J connectivity index is 2.36. The number of hydrogen-bond donors (Lipinski definition) is 2. The molecule has 0 aromatic carbocycles. The van der Waals surface area contributed by atoms with Crippen LogP contribution in [0.3, 0.4) is 0 Å². The number of rotatable bonds is 1. The highest BCUT2D eigenvalue weighted by Crippen LogP contribution is 2.35. The van der Waals surface area contributed by atoms with Crippen molar-refractivity contribution >= 4 is 17.4 Å². The molecule has 1 fully saturated rings. The van der Waals surface area contributed by atoms with Crippen molar-refractivity contribution in [1.29, 1.82) is 0 Å². The van der Waals surface area contributed by atoms with Gasteiger partial charge < -0.3 is 15.6 Å². The zero-order valence-corrected chi connectivity index (χ0v) is 9.70. The summed E-state index contributed by atoms with van der Waals surface area (Å²) in [5.74, 6) is 0.341. The van der Waals surface area contributed by atoms with Gasteiger partial charge in [0.25, 0.3) is 0 Å². The molecule has 1 aromatic heterocycles. The molecule has 0 aliphatic carbocycles. The van der Waals surface area contributed by atoms with Crippen LogP contribution in [0.4, 0.5) is 5.82 Å². The molecule has 3 N–H and O–H groups in total. The first-order chi connectivity index (χ1) is 7.62. The fourth-order valence-corrected chi connectivity index (χ4v) is 2.18. The Morgan fingerprint density at radius 1 is 1.44 bits per heavy atom. The van der Waals surface area contributed by atoms with Gasteiger partial charge in [-0.2, -0.15) is 0 Å². The van der Waals surface area contributed by atoms with Crippen LogP contribution in [0.25, 0.3) is 0 Å². The molecule has 5 heteroatoms. The average molecular weight is 243 g/mol. The summed E-state index contributed by atoms with van der Waals surface area (Å²) in [5.41, 5.74) is 5.44. The summed E-state index contributed by atoms with van der Waals surface area (Å²) in [7, 11) is 0. The zero-order valence-electron chi connectivity index (χ0n) is 8.95. The second-order valence-electron chi connectivity index (χ2n) is 4.08. The second kappa shape index (κ2) is 4.57. The molecule has 1 unspecified atom stereocenters. The number of nitrogens with two attached hydrogens (primary N) is 1. The van der Waals surface area contributed by atoms with E-state index >= 15 is 0 Å². The largest absolute Gasteiger partial charge is 0.385 e. The van der Waals surface area contributed by atoms with E-state index in [2.05, 4.69) is 4.98 Å². The van der Waals surface area contributed by atoms with Crippen LogP contribution in [0.1, 0.15) is 24.8 Å². The first kappa shape index (κ1) is 11.6. The Morgan fingerprint density at radius 2 is 2.25 bits per heavy atom. The zero-order chi connectivity index (χ0) is 11.6. The molecule has 88 valence electrons. The minimum atomic E-state index is -0.960. The van der Waals surface area contributed by atoms with Crippen molar-refractivity contribution in [3.05, 3.63) is 22.8 Å². The number of hydrogen-bond acceptors (Lipinski definition) is 4. The second-order valence-corrected chi connectivity index (χ2v) is 4.52. The molecule has 1 atom stereocenters. The van der Waals surface area contributed by atoms with Gasteiger partial charge in [-0.25, -0.2) is 4.98 Å². The van der Waals surface area contributed by atoms with Gasteiger partial charge >= 0.3 is 0 Å². The fraction of sp³-hybridized carbons (Fsp3) is 0.545. The van der Waals surface area contributed by atoms with Crippen molar-refractivity contribution in [2.75, 3.05) is 18.9 Å². The minimum Gasteiger partial charge on any atom is -0.385 e. The van der Waals surface area contributed by atoms with E-state index in [1.54, 1.807) is 6.07 Å². The van der Waals surface area contributed by atoms with Gasteiger partial charge in [-0.3, -0.25) is 0 Å². The molecule has 4 nitrogen and oxygen atoms in total. The highest BCUT2D eigenvalue weighted by atomic mass is 35.5. The first-order valence-corrected chi connectivity index (χ1v) is 5.71. The SMILES string of the molecule is Nc1ncc(Cl)cc1C1(O)CCCOCC1. The molecule has 0 spiro atoms. The average Bonchev–Trinajstić information content (AvgIpc) is 2.48. The summed E-state index contributed by atoms with van der Waals surface area (Å²) in [6, 6.07) is 1.69. The molecular weight excluding hydrogens is 228 g/mol. The summed E-state index contributed by atoms with van der Waals surface area (Å²) >= 11 is 5.88. The lowest BCUT2D eigenvalue weighted by molar-refractivity contribution is 0.0149. The number of ether oxygens (including phenoxy) is 1. The van der Waals surface area contributed by atoms with Crippen LogP contribution in [0.15, 0.2) is 12.3 Å². The highest BCUT2D eigenvalue weighted by molar-refractivity contribution is 6.30. The lowest BCUT2D eigenvalue weighted by Gasteiger charge is -2.27. The first-order valence-electron chi connectivity index (χ1n) is 5.33. The molecule has 0 amide bonds. The normalized spacial score (nSPS) is 26.4. The molecule has 0 bridgehead atoms. The van der Waals surface area contributed by atoms with E-state index in [0.717, 1.165) is 6.42 Å². The van der Waals surface area contributed by atoms with Crippen LogP contribution in [0.5, 0.6) is 0 Å². The molecule has 0 saturated carbocycles. The van der Waals surface area contributed by atoms with Gasteiger partial charge in [0, 0.05) is 31.4 Å². The van der Waals surface area contributed by atoms with E-state index in [1.807, 2.05) is 0 Å². The lowest BCUT2D eigenvalue weighted by atomic mass is 9.87. The Labute approximate surface area is 99.4 Å². The van der Waals surface area contributed by atoms with Crippen molar-refractivity contribution < 1.29 is 9.84 Å². The fourth-order valence-electron chi connectivity index (χ4n) is 2.03. The lowest BCUT2D eigenvalue weighted by Crippen LogP contribution is -2.27. The molecule has 16 heavy (non-hydrogen) atoms. The molecule has 2 rings (SSSR count). The van der Waals surface area contributed by atoms with Crippen molar-refractivity contribution in [2.24, 2.45) is 0 Å². The Bertz CT molecular complexity index is 376. The van der Waals surface area contributed by atoms with Crippen LogP contribution < -0.4 is 5.73 Å². The van der Waals surface area contributed by atoms with Gasteiger partial charge in [0.15, 0.2) is 0 Å². The standard InChI is InChI=1S/C11H15ClN2O2/c12-8-6-9(10(13)14-7-8)11(15)2-1-4-16-5-3-11/h6-7,15H,1-5H2,(H2,13,14). The number of pyridine rings is 1. The topological polar surface area (TPSA) is 68.4 Å². The molecular formula is C11H15ClN2O2. The maximum atomic E-state index is 10.6. The highest BCUT2D eigenvalue weighted by Gasteiger charge is 2.32. The molecule has 0 radical (unpaired) electrons. The predicted octanol–water partition coefficient (Wildman–Crippen LogP) is 1.71.